The molecule has 0 aliphatic carbocycles. The van der Waals surface area contributed by atoms with Crippen LogP contribution in [0.3, 0.4) is 0 Å². The molecule has 1 fully saturated rings. The van der Waals surface area contributed by atoms with Crippen LogP contribution in [0.25, 0.3) is 11.1 Å². The van der Waals surface area contributed by atoms with E-state index < -0.39 is 16.1 Å². The number of nitrogens with zero attached hydrogens (tertiary/aromatic N) is 2. The van der Waals surface area contributed by atoms with E-state index in [9.17, 15) is 13.5 Å². The third-order valence-corrected chi connectivity index (χ3v) is 7.82. The first-order valence-electron chi connectivity index (χ1n) is 10.9. The normalized spacial score (nSPS) is 16.4. The molecule has 0 amide bonds. The number of hydrogen-bond donors (Lipinski definition) is 1. The minimum atomic E-state index is -3.54. The van der Waals surface area contributed by atoms with E-state index in [0.717, 1.165) is 11.1 Å². The predicted octanol–water partition coefficient (Wildman–Crippen LogP) is 3.75. The van der Waals surface area contributed by atoms with Crippen LogP contribution in [-0.2, 0) is 10.0 Å². The number of β-amino-alcohol motifs (C(OH)–C–C–N with tert-alkyl or cyclic N) is 1. The van der Waals surface area contributed by atoms with Crippen molar-refractivity contribution in [1.29, 1.82) is 0 Å². The highest BCUT2D eigenvalue weighted by atomic mass is 35.5. The second-order valence-corrected chi connectivity index (χ2v) is 10.4. The van der Waals surface area contributed by atoms with E-state index in [1.54, 1.807) is 12.1 Å². The van der Waals surface area contributed by atoms with Crippen molar-refractivity contribution in [2.45, 2.75) is 11.0 Å². The first kappa shape index (κ1) is 23.7. The van der Waals surface area contributed by atoms with Gasteiger partial charge < -0.3 is 9.84 Å². The molecule has 1 heterocycles. The molecule has 33 heavy (non-hydrogen) atoms. The maximum Gasteiger partial charge on any atom is 0.243 e. The SMILES string of the molecule is O=S(=O)(c1ccc(Cl)cc1)N1CCN(C[C@H](O)COc2ccc(-c3ccccc3)cc2)CC1. The third-order valence-electron chi connectivity index (χ3n) is 5.66. The van der Waals surface area contributed by atoms with Crippen molar-refractivity contribution in [2.24, 2.45) is 0 Å². The van der Waals surface area contributed by atoms with Crippen molar-refractivity contribution >= 4 is 21.6 Å². The molecule has 1 aliphatic rings. The molecule has 1 saturated heterocycles. The van der Waals surface area contributed by atoms with Crippen LogP contribution in [0.5, 0.6) is 5.75 Å². The van der Waals surface area contributed by atoms with Crippen molar-refractivity contribution in [1.82, 2.24) is 9.21 Å². The molecule has 0 bridgehead atoms. The Morgan fingerprint density at radius 3 is 2.09 bits per heavy atom. The van der Waals surface area contributed by atoms with Crippen molar-refractivity contribution in [3.63, 3.8) is 0 Å². The molecule has 0 spiro atoms. The average molecular weight is 487 g/mol. The van der Waals surface area contributed by atoms with Gasteiger partial charge in [-0.25, -0.2) is 8.42 Å². The van der Waals surface area contributed by atoms with Crippen LogP contribution in [-0.4, -0.2) is 68.2 Å². The van der Waals surface area contributed by atoms with Crippen molar-refractivity contribution < 1.29 is 18.3 Å². The molecule has 6 nitrogen and oxygen atoms in total. The van der Waals surface area contributed by atoms with Crippen LogP contribution >= 0.6 is 11.6 Å². The monoisotopic (exact) mass is 486 g/mol. The Morgan fingerprint density at radius 2 is 1.45 bits per heavy atom. The summed E-state index contributed by atoms with van der Waals surface area (Å²) in [6, 6.07) is 24.1. The zero-order valence-electron chi connectivity index (χ0n) is 18.2. The minimum absolute atomic E-state index is 0.175. The Labute approximate surface area is 200 Å². The highest BCUT2D eigenvalue weighted by Gasteiger charge is 2.29. The standard InChI is InChI=1S/C25H27ClN2O4S/c26-22-8-12-25(13-9-22)33(30,31)28-16-14-27(15-17-28)18-23(29)19-32-24-10-6-21(7-11-24)20-4-2-1-3-5-20/h1-13,23,29H,14-19H2/t23-/m0/s1. The van der Waals surface area contributed by atoms with Gasteiger partial charge in [-0.15, -0.1) is 0 Å². The number of rotatable bonds is 8. The highest BCUT2D eigenvalue weighted by Crippen LogP contribution is 2.23. The first-order chi connectivity index (χ1) is 15.9. The summed E-state index contributed by atoms with van der Waals surface area (Å²) in [5, 5.41) is 10.9. The topological polar surface area (TPSA) is 70.1 Å². The first-order valence-corrected chi connectivity index (χ1v) is 12.7. The molecule has 3 aromatic carbocycles. The fraction of sp³-hybridized carbons (Fsp3) is 0.280. The Hall–Kier alpha value is -2.42. The summed E-state index contributed by atoms with van der Waals surface area (Å²) in [5.74, 6) is 0.701. The van der Waals surface area contributed by atoms with Crippen LogP contribution in [0.15, 0.2) is 83.8 Å². The number of aliphatic hydroxyl groups is 1. The van der Waals surface area contributed by atoms with Gasteiger partial charge in [0.15, 0.2) is 0 Å². The van der Waals surface area contributed by atoms with Gasteiger partial charge in [0.2, 0.25) is 10.0 Å². The molecule has 3 aromatic rings. The van der Waals surface area contributed by atoms with Crippen molar-refractivity contribution in [3.8, 4) is 16.9 Å². The van der Waals surface area contributed by atoms with E-state index in [0.29, 0.717) is 43.5 Å². The molecular formula is C25H27ClN2O4S. The summed E-state index contributed by atoms with van der Waals surface area (Å²) in [7, 11) is -3.54. The number of ether oxygens (including phenoxy) is 1. The van der Waals surface area contributed by atoms with Crippen molar-refractivity contribution in [2.75, 3.05) is 39.3 Å². The van der Waals surface area contributed by atoms with E-state index in [-0.39, 0.29) is 11.5 Å². The van der Waals surface area contributed by atoms with Crippen LogP contribution < -0.4 is 4.74 Å². The van der Waals surface area contributed by atoms with Gasteiger partial charge in [0.1, 0.15) is 18.5 Å². The van der Waals surface area contributed by atoms with Gasteiger partial charge in [-0.1, -0.05) is 54.1 Å². The lowest BCUT2D eigenvalue weighted by Gasteiger charge is -2.34. The number of sulfonamides is 1. The zero-order chi connectivity index (χ0) is 23.3. The average Bonchev–Trinajstić information content (AvgIpc) is 2.84. The Morgan fingerprint density at radius 1 is 0.848 bits per heavy atom. The Bertz CT molecular complexity index is 1130. The lowest BCUT2D eigenvalue weighted by atomic mass is 10.1. The Balaban J connectivity index is 1.23. The van der Waals surface area contributed by atoms with Crippen LogP contribution in [0.1, 0.15) is 0 Å². The summed E-state index contributed by atoms with van der Waals surface area (Å²) in [5.41, 5.74) is 2.25. The Kier molecular flexibility index (Phi) is 7.67. The molecule has 8 heteroatoms. The molecule has 0 radical (unpaired) electrons. The zero-order valence-corrected chi connectivity index (χ0v) is 19.8. The summed E-state index contributed by atoms with van der Waals surface area (Å²) < 4.78 is 32.8. The van der Waals surface area contributed by atoms with Crippen LogP contribution in [0.2, 0.25) is 5.02 Å². The number of hydrogen-bond acceptors (Lipinski definition) is 5. The fourth-order valence-corrected chi connectivity index (χ4v) is 5.37. The molecule has 174 valence electrons. The van der Waals surface area contributed by atoms with Crippen molar-refractivity contribution in [3.05, 3.63) is 83.9 Å². The lowest BCUT2D eigenvalue weighted by molar-refractivity contribution is 0.0569. The highest BCUT2D eigenvalue weighted by molar-refractivity contribution is 7.89. The molecule has 1 N–H and O–H groups in total. The predicted molar refractivity (Wildman–Crippen MR) is 130 cm³/mol. The maximum atomic E-state index is 12.8. The number of benzene rings is 3. The molecule has 1 atom stereocenters. The second kappa shape index (κ2) is 10.7. The molecular weight excluding hydrogens is 460 g/mol. The van der Waals surface area contributed by atoms with Gasteiger partial charge in [0.25, 0.3) is 0 Å². The largest absolute Gasteiger partial charge is 0.491 e. The van der Waals surface area contributed by atoms with Crippen LogP contribution in [0.4, 0.5) is 0 Å². The second-order valence-electron chi connectivity index (χ2n) is 8.01. The molecule has 0 unspecified atom stereocenters. The summed E-state index contributed by atoms with van der Waals surface area (Å²) in [4.78, 5) is 2.30. The van der Waals surface area contributed by atoms with E-state index in [4.69, 9.17) is 16.3 Å². The van der Waals surface area contributed by atoms with Gasteiger partial charge in [-0.3, -0.25) is 4.90 Å². The van der Waals surface area contributed by atoms with E-state index in [1.165, 1.54) is 16.4 Å². The smallest absolute Gasteiger partial charge is 0.243 e. The maximum absolute atomic E-state index is 12.8. The third kappa shape index (κ3) is 6.13. The molecule has 1 aliphatic heterocycles. The molecule has 0 saturated carbocycles. The van der Waals surface area contributed by atoms with E-state index >= 15 is 0 Å². The minimum Gasteiger partial charge on any atom is -0.491 e. The summed E-state index contributed by atoms with van der Waals surface area (Å²) in [6.07, 6.45) is -0.668. The van der Waals surface area contributed by atoms with Gasteiger partial charge >= 0.3 is 0 Å². The number of halogens is 1. The van der Waals surface area contributed by atoms with Gasteiger partial charge in [-0.05, 0) is 47.5 Å². The lowest BCUT2D eigenvalue weighted by Crippen LogP contribution is -2.50. The van der Waals surface area contributed by atoms with E-state index in [1.807, 2.05) is 42.5 Å². The fourth-order valence-electron chi connectivity index (χ4n) is 3.83. The molecule has 4 rings (SSSR count). The van der Waals surface area contributed by atoms with Gasteiger partial charge in [-0.2, -0.15) is 4.31 Å². The van der Waals surface area contributed by atoms with Gasteiger partial charge in [0, 0.05) is 37.7 Å². The number of piperazine rings is 1. The van der Waals surface area contributed by atoms with Crippen LogP contribution in [0, 0.1) is 0 Å². The number of aliphatic hydroxyl groups excluding tert-OH is 1. The molecule has 0 aromatic heterocycles. The van der Waals surface area contributed by atoms with E-state index in [2.05, 4.69) is 17.0 Å². The quantitative estimate of drug-likeness (QED) is 0.525. The van der Waals surface area contributed by atoms with Gasteiger partial charge in [0.05, 0.1) is 4.90 Å². The summed E-state index contributed by atoms with van der Waals surface area (Å²) in [6.45, 7) is 2.45. The summed E-state index contributed by atoms with van der Waals surface area (Å²) >= 11 is 5.86.